The molecule has 2 heterocycles. The molecule has 2 amide bonds. The first-order chi connectivity index (χ1) is 50.9. The maximum atomic E-state index is 12.5. The standard InChI is InChI=1S/C36H43N5O7.C27H37N7O5.C13H16N2O2S/c1-41(2)32-16-14-31(15-17-32)39-38-30-12-10-28(11-13-30)35(42)5-4-19-45-21-23-47-24-22-46-20-18-37-36(43)29-8-6-27(7-9-29)34-25-33(26-44-3)48-40-34;1-33(2)26-10-8-24(9-11-26)30-29-23-6-4-22(5-7-23)27(35)28-12-14-37-16-18-39-19-17-38-15-13-34-20-25(21-36-3)31-32-34;1-14-18(16,17)13-9-5-6-10-11(13)7-4-8-12(10)15(2)3/h6-17,25H,4-5,18-24,26H2,1-3H3,(H,37,43);4-11,20H,12-19,21H2,1-3H3,(H,28,35);4-9,14H,1-3H3. The highest BCUT2D eigenvalue weighted by Gasteiger charge is 2.17. The normalized spacial score (nSPS) is 11.3. The molecule has 0 aliphatic heterocycles. The van der Waals surface area contributed by atoms with Crippen molar-refractivity contribution in [2.45, 2.75) is 37.5 Å². The number of anilines is 3. The Bertz CT molecular complexity index is 4220. The summed E-state index contributed by atoms with van der Waals surface area (Å²) in [5.74, 6) is 0.342. The molecule has 0 radical (unpaired) electrons. The number of nitrogens with one attached hydrogen (secondary N) is 3. The Labute approximate surface area is 614 Å². The third-order valence-corrected chi connectivity index (χ3v) is 16.9. The Kier molecular flexibility index (Phi) is 35.4. The predicted molar refractivity (Wildman–Crippen MR) is 404 cm³/mol. The molecule has 28 nitrogen and oxygen atoms in total. The second-order valence-corrected chi connectivity index (χ2v) is 25.7. The van der Waals surface area contributed by atoms with Crippen LogP contribution in [0.15, 0.2) is 200 Å². The lowest BCUT2D eigenvalue weighted by Crippen LogP contribution is -2.27. The minimum Gasteiger partial charge on any atom is -0.379 e. The van der Waals surface area contributed by atoms with Gasteiger partial charge in [-0.3, -0.25) is 14.4 Å². The van der Waals surface area contributed by atoms with Crippen molar-refractivity contribution in [2.75, 3.05) is 171 Å². The van der Waals surface area contributed by atoms with E-state index in [1.54, 1.807) is 91.7 Å². The molecule has 0 aliphatic carbocycles. The van der Waals surface area contributed by atoms with Gasteiger partial charge in [0.05, 0.1) is 120 Å². The molecule has 560 valence electrons. The summed E-state index contributed by atoms with van der Waals surface area (Å²) in [6.45, 7) is 7.52. The van der Waals surface area contributed by atoms with Crippen LogP contribution >= 0.6 is 0 Å². The van der Waals surface area contributed by atoms with E-state index in [1.807, 2.05) is 154 Å². The minimum absolute atomic E-state index is 0.0591. The predicted octanol–water partition coefficient (Wildman–Crippen LogP) is 11.6. The van der Waals surface area contributed by atoms with Gasteiger partial charge in [0.25, 0.3) is 11.8 Å². The second kappa shape index (κ2) is 45.2. The van der Waals surface area contributed by atoms with Crippen LogP contribution in [0, 0.1) is 0 Å². The average molecular weight is 1460 g/mol. The van der Waals surface area contributed by atoms with E-state index in [9.17, 15) is 22.8 Å². The van der Waals surface area contributed by atoms with Crippen molar-refractivity contribution in [3.63, 3.8) is 0 Å². The maximum absolute atomic E-state index is 12.5. The molecule has 0 unspecified atom stereocenters. The number of nitrogens with zero attached hydrogens (tertiary/aromatic N) is 11. The topological polar surface area (TPSA) is 311 Å². The Morgan fingerprint density at radius 1 is 0.505 bits per heavy atom. The molecule has 0 fully saturated rings. The van der Waals surface area contributed by atoms with Crippen molar-refractivity contribution in [2.24, 2.45) is 20.5 Å². The first-order valence-corrected chi connectivity index (χ1v) is 35.6. The Morgan fingerprint density at radius 2 is 0.952 bits per heavy atom. The van der Waals surface area contributed by atoms with Crippen molar-refractivity contribution in [3.05, 3.63) is 198 Å². The highest BCUT2D eigenvalue weighted by atomic mass is 32.2. The molecule has 7 aromatic carbocycles. The van der Waals surface area contributed by atoms with Gasteiger partial charge in [-0.05, 0) is 135 Å². The van der Waals surface area contributed by atoms with E-state index in [4.69, 9.17) is 42.4 Å². The number of amides is 2. The quantitative estimate of drug-likeness (QED) is 0.0182. The summed E-state index contributed by atoms with van der Waals surface area (Å²) in [5.41, 5.74) is 10.1. The molecule has 9 rings (SSSR count). The number of Topliss-reactive ketones (excluding diaryl/α,β-unsaturated/α-hetero) is 1. The Balaban J connectivity index is 0.000000241. The van der Waals surface area contributed by atoms with E-state index >= 15 is 0 Å². The zero-order chi connectivity index (χ0) is 75.0. The van der Waals surface area contributed by atoms with E-state index < -0.39 is 10.0 Å². The van der Waals surface area contributed by atoms with E-state index in [-0.39, 0.29) is 17.6 Å². The number of ether oxygens (including phenoxy) is 8. The van der Waals surface area contributed by atoms with Crippen molar-refractivity contribution >= 4 is 78.2 Å². The van der Waals surface area contributed by atoms with E-state index in [2.05, 4.69) is 51.3 Å². The van der Waals surface area contributed by atoms with Crippen LogP contribution < -0.4 is 30.1 Å². The van der Waals surface area contributed by atoms with Crippen LogP contribution in [-0.2, 0) is 67.7 Å². The molecule has 0 saturated heterocycles. The summed E-state index contributed by atoms with van der Waals surface area (Å²) >= 11 is 0. The highest BCUT2D eigenvalue weighted by Crippen LogP contribution is 2.31. The van der Waals surface area contributed by atoms with Crippen molar-refractivity contribution in [1.82, 2.24) is 35.5 Å². The van der Waals surface area contributed by atoms with E-state index in [0.29, 0.717) is 169 Å². The number of azo groups is 2. The van der Waals surface area contributed by atoms with Crippen molar-refractivity contribution in [3.8, 4) is 11.3 Å². The number of hydrogen-bond donors (Lipinski definition) is 3. The molecule has 0 aliphatic rings. The molecule has 0 bridgehead atoms. The monoisotopic (exact) mass is 1460 g/mol. The molecule has 9 aromatic rings. The van der Waals surface area contributed by atoms with Crippen LogP contribution in [0.1, 0.15) is 55.4 Å². The van der Waals surface area contributed by atoms with Crippen LogP contribution in [0.3, 0.4) is 0 Å². The number of aromatic nitrogens is 4. The fourth-order valence-electron chi connectivity index (χ4n) is 9.77. The summed E-state index contributed by atoms with van der Waals surface area (Å²) in [6.07, 6.45) is 2.86. The third-order valence-electron chi connectivity index (χ3n) is 15.4. The summed E-state index contributed by atoms with van der Waals surface area (Å²) in [4.78, 5) is 43.5. The van der Waals surface area contributed by atoms with Crippen molar-refractivity contribution in [1.29, 1.82) is 0 Å². The van der Waals surface area contributed by atoms with Gasteiger partial charge in [0.1, 0.15) is 18.0 Å². The number of fused-ring (bicyclic) bond motifs is 1. The molecule has 105 heavy (non-hydrogen) atoms. The van der Waals surface area contributed by atoms with Crippen LogP contribution in [-0.4, -0.2) is 202 Å². The maximum Gasteiger partial charge on any atom is 0.251 e. The Hall–Kier alpha value is -10.1. The van der Waals surface area contributed by atoms with Gasteiger partial charge in [-0.25, -0.2) is 17.8 Å². The summed E-state index contributed by atoms with van der Waals surface area (Å²) in [6, 6.07) is 49.6. The van der Waals surface area contributed by atoms with Crippen LogP contribution in [0.5, 0.6) is 0 Å². The molecule has 3 N–H and O–H groups in total. The number of benzene rings is 7. The van der Waals surface area contributed by atoms with Gasteiger partial charge in [-0.15, -0.1) is 5.10 Å². The zero-order valence-corrected chi connectivity index (χ0v) is 62.0. The Morgan fingerprint density at radius 3 is 1.44 bits per heavy atom. The first kappa shape index (κ1) is 82.2. The molecule has 29 heteroatoms. The zero-order valence-electron chi connectivity index (χ0n) is 61.1. The van der Waals surface area contributed by atoms with E-state index in [0.717, 1.165) is 50.5 Å². The average Bonchev–Trinajstić information content (AvgIpc) is 1.56. The summed E-state index contributed by atoms with van der Waals surface area (Å²) < 4.78 is 76.4. The highest BCUT2D eigenvalue weighted by molar-refractivity contribution is 7.89. The first-order valence-electron chi connectivity index (χ1n) is 34.1. The number of sulfonamides is 1. The lowest BCUT2D eigenvalue weighted by molar-refractivity contribution is 0.0133. The third kappa shape index (κ3) is 28.8. The number of carbonyl (C=O) groups is 3. The van der Waals surface area contributed by atoms with Gasteiger partial charge in [0.15, 0.2) is 11.5 Å². The number of ketones is 1. The number of carbonyl (C=O) groups excluding carboxylic acids is 3. The fraction of sp³-hybridized carbons (Fsp3) is 0.368. The van der Waals surface area contributed by atoms with Gasteiger partial charge in [0.2, 0.25) is 10.0 Å². The number of rotatable bonds is 42. The molecule has 0 saturated carbocycles. The number of hydrogen-bond acceptors (Lipinski definition) is 24. The lowest BCUT2D eigenvalue weighted by Gasteiger charge is -2.16. The second-order valence-electron chi connectivity index (χ2n) is 23.9. The van der Waals surface area contributed by atoms with Crippen LogP contribution in [0.4, 0.5) is 39.8 Å². The smallest absolute Gasteiger partial charge is 0.251 e. The molecular formula is C76H96N14O14S. The molecule has 0 atom stereocenters. The van der Waals surface area contributed by atoms with E-state index in [1.165, 1.54) is 7.05 Å². The van der Waals surface area contributed by atoms with Gasteiger partial charge in [-0.2, -0.15) is 20.5 Å². The van der Waals surface area contributed by atoms with Crippen LogP contribution in [0.2, 0.25) is 0 Å². The van der Waals surface area contributed by atoms with Gasteiger partial charge >= 0.3 is 0 Å². The minimum atomic E-state index is -3.44. The molecule has 2 aromatic heterocycles. The fourth-order valence-corrected chi connectivity index (χ4v) is 10.7. The largest absolute Gasteiger partial charge is 0.379 e. The van der Waals surface area contributed by atoms with Crippen LogP contribution in [0.25, 0.3) is 22.0 Å². The SMILES string of the molecule is CNS(=O)(=O)c1cccc2c(N(C)C)cccc12.COCc1cc(-c2ccc(C(=O)NCCOCCOCCOCCCC(=O)c3ccc(N=Nc4ccc(N(C)C)cc4)cc3)cc2)no1.COCc1cn(CCOCCOCCOCCNC(=O)c2ccc(N=Nc3ccc(N(C)C)cc3)cc2)nn1. The van der Waals surface area contributed by atoms with Gasteiger partial charge in [-0.1, -0.05) is 46.8 Å². The van der Waals surface area contributed by atoms with Crippen molar-refractivity contribution < 1.29 is 65.2 Å². The number of methoxy groups -OCH3 is 2. The summed E-state index contributed by atoms with van der Waals surface area (Å²) in [7, 11) is 13.0. The molecular weight excluding hydrogens is 1360 g/mol. The molecule has 0 spiro atoms. The lowest BCUT2D eigenvalue weighted by atomic mass is 10.1. The van der Waals surface area contributed by atoms with Gasteiger partial charge in [0, 0.05) is 139 Å². The summed E-state index contributed by atoms with van der Waals surface area (Å²) in [5, 5.41) is 36.3. The van der Waals surface area contributed by atoms with Gasteiger partial charge < -0.3 is 67.8 Å².